The van der Waals surface area contributed by atoms with Gasteiger partial charge in [-0.05, 0) is 42.2 Å². The van der Waals surface area contributed by atoms with Crippen molar-refractivity contribution in [2.45, 2.75) is 18.2 Å². The summed E-state index contributed by atoms with van der Waals surface area (Å²) in [6.45, 7) is 2.01. The third kappa shape index (κ3) is 3.63. The van der Waals surface area contributed by atoms with Crippen LogP contribution in [0.25, 0.3) is 0 Å². The van der Waals surface area contributed by atoms with Crippen molar-refractivity contribution < 1.29 is 8.78 Å². The third-order valence-corrected chi connectivity index (χ3v) is 4.41. The van der Waals surface area contributed by atoms with Gasteiger partial charge >= 0.3 is 0 Å². The number of benzene rings is 2. The Kier molecular flexibility index (Phi) is 4.74. The van der Waals surface area contributed by atoms with Crippen LogP contribution in [0.15, 0.2) is 40.9 Å². The highest BCUT2D eigenvalue weighted by Crippen LogP contribution is 2.33. The van der Waals surface area contributed by atoms with Crippen LogP contribution in [0.2, 0.25) is 0 Å². The van der Waals surface area contributed by atoms with E-state index < -0.39 is 11.6 Å². The van der Waals surface area contributed by atoms with Crippen LogP contribution in [0.1, 0.15) is 21.5 Å². The van der Waals surface area contributed by atoms with Gasteiger partial charge in [-0.25, -0.2) is 8.78 Å². The van der Waals surface area contributed by atoms with Crippen molar-refractivity contribution in [3.8, 4) is 0 Å². The van der Waals surface area contributed by atoms with Gasteiger partial charge in [0.15, 0.2) is 0 Å². The Morgan fingerprint density at radius 2 is 1.84 bits per heavy atom. The van der Waals surface area contributed by atoms with Gasteiger partial charge in [-0.15, -0.1) is 0 Å². The van der Waals surface area contributed by atoms with Crippen LogP contribution >= 0.6 is 31.9 Å². The van der Waals surface area contributed by atoms with Crippen molar-refractivity contribution in [2.75, 3.05) is 0 Å². The van der Waals surface area contributed by atoms with Crippen molar-refractivity contribution in [3.05, 3.63) is 69.2 Å². The fraction of sp³-hybridized carbons (Fsp3) is 0.200. The minimum absolute atomic E-state index is 0.0255. The number of hydrogen-bond acceptors (Lipinski definition) is 0. The summed E-state index contributed by atoms with van der Waals surface area (Å²) in [7, 11) is 0. The van der Waals surface area contributed by atoms with E-state index in [4.69, 9.17) is 0 Å². The standard InChI is InChI=1S/C15H12Br2F2/c1-9-2-5-12(13(16)6-9)14(17)7-10-3-4-11(18)8-15(10)19/h2-6,8,14H,7H2,1H3. The van der Waals surface area contributed by atoms with E-state index in [0.29, 0.717) is 12.0 Å². The molecule has 2 aromatic carbocycles. The van der Waals surface area contributed by atoms with Gasteiger partial charge in [0, 0.05) is 15.4 Å². The van der Waals surface area contributed by atoms with Crippen molar-refractivity contribution >= 4 is 31.9 Å². The molecule has 0 fully saturated rings. The molecule has 2 rings (SSSR count). The van der Waals surface area contributed by atoms with Gasteiger partial charge in [-0.1, -0.05) is 50.1 Å². The highest BCUT2D eigenvalue weighted by Gasteiger charge is 2.14. The summed E-state index contributed by atoms with van der Waals surface area (Å²) < 4.78 is 27.5. The van der Waals surface area contributed by atoms with E-state index >= 15 is 0 Å². The zero-order chi connectivity index (χ0) is 14.0. The topological polar surface area (TPSA) is 0 Å². The average Bonchev–Trinajstić information content (AvgIpc) is 2.32. The molecule has 2 aromatic rings. The molecule has 1 atom stereocenters. The molecule has 0 aliphatic rings. The van der Waals surface area contributed by atoms with Crippen molar-refractivity contribution in [2.24, 2.45) is 0 Å². The Morgan fingerprint density at radius 3 is 2.47 bits per heavy atom. The quantitative estimate of drug-likeness (QED) is 0.589. The first kappa shape index (κ1) is 14.7. The first-order chi connectivity index (χ1) is 8.97. The third-order valence-electron chi connectivity index (χ3n) is 2.91. The normalized spacial score (nSPS) is 12.5. The Labute approximate surface area is 128 Å². The largest absolute Gasteiger partial charge is 0.207 e. The molecule has 0 saturated heterocycles. The fourth-order valence-corrected chi connectivity index (χ4v) is 3.70. The smallest absolute Gasteiger partial charge is 0.129 e. The summed E-state index contributed by atoms with van der Waals surface area (Å²) in [5, 5.41) is 0. The van der Waals surface area contributed by atoms with Crippen LogP contribution in [0.3, 0.4) is 0 Å². The van der Waals surface area contributed by atoms with Gasteiger partial charge in [-0.2, -0.15) is 0 Å². The average molecular weight is 390 g/mol. The zero-order valence-electron chi connectivity index (χ0n) is 10.3. The second-order valence-electron chi connectivity index (χ2n) is 4.43. The van der Waals surface area contributed by atoms with E-state index in [9.17, 15) is 8.78 Å². The van der Waals surface area contributed by atoms with Gasteiger partial charge in [-0.3, -0.25) is 0 Å². The van der Waals surface area contributed by atoms with Gasteiger partial charge < -0.3 is 0 Å². The molecule has 0 amide bonds. The predicted octanol–water partition coefficient (Wildman–Crippen LogP) is 5.71. The molecule has 0 heterocycles. The summed E-state index contributed by atoms with van der Waals surface area (Å²) >= 11 is 7.07. The highest BCUT2D eigenvalue weighted by atomic mass is 79.9. The number of halogens is 4. The lowest BCUT2D eigenvalue weighted by atomic mass is 10.0. The van der Waals surface area contributed by atoms with E-state index in [-0.39, 0.29) is 4.83 Å². The first-order valence-electron chi connectivity index (χ1n) is 5.81. The number of rotatable bonds is 3. The van der Waals surface area contributed by atoms with Crippen LogP contribution in [0.5, 0.6) is 0 Å². The Balaban J connectivity index is 2.23. The molecule has 1 unspecified atom stereocenters. The molecule has 0 N–H and O–H groups in total. The van der Waals surface area contributed by atoms with Gasteiger partial charge in [0.1, 0.15) is 11.6 Å². The van der Waals surface area contributed by atoms with Crippen LogP contribution < -0.4 is 0 Å². The second kappa shape index (κ2) is 6.14. The molecule has 0 aromatic heterocycles. The summed E-state index contributed by atoms with van der Waals surface area (Å²) in [6, 6.07) is 9.71. The fourth-order valence-electron chi connectivity index (χ4n) is 1.88. The lowest BCUT2D eigenvalue weighted by Crippen LogP contribution is -2.00. The van der Waals surface area contributed by atoms with E-state index in [1.54, 1.807) is 0 Å². The molecule has 0 aliphatic carbocycles. The van der Waals surface area contributed by atoms with Crippen molar-refractivity contribution in [1.82, 2.24) is 0 Å². The molecule has 0 saturated carbocycles. The molecule has 19 heavy (non-hydrogen) atoms. The molecule has 4 heteroatoms. The summed E-state index contributed by atoms with van der Waals surface area (Å²) in [5.41, 5.74) is 2.70. The minimum Gasteiger partial charge on any atom is -0.207 e. The SMILES string of the molecule is Cc1ccc(C(Br)Cc2ccc(F)cc2F)c(Br)c1. The number of alkyl halides is 1. The van der Waals surface area contributed by atoms with Crippen LogP contribution in [0.4, 0.5) is 8.78 Å². The Bertz CT molecular complexity index is 597. The first-order valence-corrected chi connectivity index (χ1v) is 7.52. The highest BCUT2D eigenvalue weighted by molar-refractivity contribution is 9.11. The summed E-state index contributed by atoms with van der Waals surface area (Å²) in [5.74, 6) is -1.06. The molecule has 0 spiro atoms. The van der Waals surface area contributed by atoms with Crippen LogP contribution in [-0.4, -0.2) is 0 Å². The number of aryl methyl sites for hydroxylation is 1. The zero-order valence-corrected chi connectivity index (χ0v) is 13.4. The van der Waals surface area contributed by atoms with Gasteiger partial charge in [0.2, 0.25) is 0 Å². The second-order valence-corrected chi connectivity index (χ2v) is 6.39. The maximum atomic E-state index is 13.6. The van der Waals surface area contributed by atoms with Gasteiger partial charge in [0.05, 0.1) is 0 Å². The lowest BCUT2D eigenvalue weighted by Gasteiger charge is -2.13. The molecule has 0 bridgehead atoms. The van der Waals surface area contributed by atoms with Crippen LogP contribution in [0, 0.1) is 18.6 Å². The van der Waals surface area contributed by atoms with E-state index in [2.05, 4.69) is 31.9 Å². The molecule has 100 valence electrons. The molecular weight excluding hydrogens is 378 g/mol. The monoisotopic (exact) mass is 388 g/mol. The Hall–Kier alpha value is -0.740. The molecule has 0 nitrogen and oxygen atoms in total. The predicted molar refractivity (Wildman–Crippen MR) is 80.6 cm³/mol. The molecule has 0 aliphatic heterocycles. The van der Waals surface area contributed by atoms with Crippen molar-refractivity contribution in [1.29, 1.82) is 0 Å². The Morgan fingerprint density at radius 1 is 1.11 bits per heavy atom. The van der Waals surface area contributed by atoms with Crippen molar-refractivity contribution in [3.63, 3.8) is 0 Å². The van der Waals surface area contributed by atoms with E-state index in [1.807, 2.05) is 25.1 Å². The van der Waals surface area contributed by atoms with E-state index in [0.717, 1.165) is 21.7 Å². The molecular formula is C15H12Br2F2. The van der Waals surface area contributed by atoms with Crippen LogP contribution in [-0.2, 0) is 6.42 Å². The minimum atomic E-state index is -0.552. The number of hydrogen-bond donors (Lipinski definition) is 0. The summed E-state index contributed by atoms with van der Waals surface area (Å²) in [6.07, 6.45) is 0.466. The maximum Gasteiger partial charge on any atom is 0.129 e. The maximum absolute atomic E-state index is 13.6. The van der Waals surface area contributed by atoms with Gasteiger partial charge in [0.25, 0.3) is 0 Å². The lowest BCUT2D eigenvalue weighted by molar-refractivity contribution is 0.571. The van der Waals surface area contributed by atoms with E-state index in [1.165, 1.54) is 12.1 Å². The molecule has 0 radical (unpaired) electrons. The summed E-state index contributed by atoms with van der Waals surface area (Å²) in [4.78, 5) is -0.0255.